The van der Waals surface area contributed by atoms with Crippen LogP contribution in [0.4, 0.5) is 9.59 Å². The molecule has 14 nitrogen and oxygen atoms in total. The second-order valence-corrected chi connectivity index (χ2v) is 15.9. The van der Waals surface area contributed by atoms with Crippen LogP contribution in [0.1, 0.15) is 116 Å². The van der Waals surface area contributed by atoms with Crippen molar-refractivity contribution < 1.29 is 43.3 Å². The van der Waals surface area contributed by atoms with Crippen LogP contribution >= 0.6 is 0 Å². The van der Waals surface area contributed by atoms with Gasteiger partial charge >= 0.3 is 12.2 Å². The molecule has 0 spiro atoms. The van der Waals surface area contributed by atoms with Crippen molar-refractivity contribution in [2.45, 2.75) is 105 Å². The van der Waals surface area contributed by atoms with E-state index >= 15 is 0 Å². The molecule has 302 valence electrons. The van der Waals surface area contributed by atoms with Crippen molar-refractivity contribution in [3.05, 3.63) is 104 Å². The smallest absolute Gasteiger partial charge is 0.407 e. The average molecular weight is 774 g/mol. The average Bonchev–Trinajstić information content (AvgIpc) is 3.30. The molecule has 56 heavy (non-hydrogen) atoms. The molecule has 0 saturated heterocycles. The number of hydrogen-bond donors (Lipinski definition) is 5. The summed E-state index contributed by atoms with van der Waals surface area (Å²) in [5, 5.41) is 15.0. The van der Waals surface area contributed by atoms with Crippen LogP contribution in [0.2, 0.25) is 0 Å². The Balaban J connectivity index is 0.000000322. The molecule has 0 aromatic heterocycles. The number of rotatable bonds is 11. The van der Waals surface area contributed by atoms with Crippen molar-refractivity contribution in [1.29, 1.82) is 0 Å². The number of aliphatic hydroxyl groups is 1. The van der Waals surface area contributed by atoms with Gasteiger partial charge in [-0.2, -0.15) is 0 Å². The maximum absolute atomic E-state index is 12.9. The zero-order chi connectivity index (χ0) is 42.3. The number of aliphatic hydroxyl groups excluding tert-OH is 1. The second-order valence-electron chi connectivity index (χ2n) is 15.9. The van der Waals surface area contributed by atoms with Crippen LogP contribution in [-0.2, 0) is 22.3 Å². The molecule has 14 heteroatoms. The Hall–Kier alpha value is -5.76. The molecule has 3 aromatic carbocycles. The lowest BCUT2D eigenvalue weighted by Crippen LogP contribution is -2.48. The molecule has 0 bridgehead atoms. The fraction of sp³-hybridized carbons (Fsp3) is 0.429. The van der Waals surface area contributed by atoms with Crippen LogP contribution in [0.3, 0.4) is 0 Å². The zero-order valence-corrected chi connectivity index (χ0v) is 33.9. The lowest BCUT2D eigenvalue weighted by atomic mass is 9.93. The number of hydrogen-bond acceptors (Lipinski definition) is 9. The van der Waals surface area contributed by atoms with Crippen molar-refractivity contribution in [3.8, 4) is 0 Å². The van der Waals surface area contributed by atoms with Gasteiger partial charge in [-0.3, -0.25) is 24.1 Å². The van der Waals surface area contributed by atoms with E-state index in [9.17, 15) is 33.9 Å². The van der Waals surface area contributed by atoms with Crippen molar-refractivity contribution in [2.75, 3.05) is 13.2 Å². The predicted molar refractivity (Wildman–Crippen MR) is 211 cm³/mol. The van der Waals surface area contributed by atoms with Crippen LogP contribution in [0.15, 0.2) is 48.5 Å². The van der Waals surface area contributed by atoms with Crippen LogP contribution < -0.4 is 22.1 Å². The number of nitrogens with one attached hydrogen (secondary N) is 2. The molecule has 4 rings (SSSR count). The number of amides is 6. The first-order chi connectivity index (χ1) is 25.9. The molecule has 1 aliphatic heterocycles. The standard InChI is InChI=1S/C25H29N3O5.C17H26N2O4/c1-14-10-16(21(26)29)11-15(2)20(14)12-17(27-24(32)33-25(3,4)5)13-28-22(30)18-8-6-7-9-19(18)23(28)31;1-10-6-12(15(18)21)7-11(2)14(10)8-13(9-20)19-16(22)23-17(3,4)5/h6-11,17H,12-13H2,1-5H3,(H2,26,29)(H,27,32);6-7,13,20H,8-9H2,1-5H3,(H2,18,21)(H,19,22)/t17-;13-/m00/s1. The molecule has 1 aliphatic rings. The Morgan fingerprint density at radius 3 is 1.32 bits per heavy atom. The van der Waals surface area contributed by atoms with Crippen molar-refractivity contribution >= 4 is 35.8 Å². The number of benzene rings is 3. The highest BCUT2D eigenvalue weighted by Crippen LogP contribution is 2.25. The molecular weight excluding hydrogens is 718 g/mol. The van der Waals surface area contributed by atoms with E-state index in [1.807, 2.05) is 27.7 Å². The Bertz CT molecular complexity index is 1910. The lowest BCUT2D eigenvalue weighted by molar-refractivity contribution is 0.0466. The van der Waals surface area contributed by atoms with Crippen molar-refractivity contribution in [2.24, 2.45) is 11.5 Å². The minimum absolute atomic E-state index is 0.0258. The van der Waals surface area contributed by atoms with Gasteiger partial charge in [0.2, 0.25) is 11.8 Å². The van der Waals surface area contributed by atoms with Gasteiger partial charge in [-0.25, -0.2) is 9.59 Å². The minimum atomic E-state index is -0.709. The molecule has 0 radical (unpaired) electrons. The molecular formula is C42H55N5O9. The van der Waals surface area contributed by atoms with Gasteiger partial charge in [0.25, 0.3) is 11.8 Å². The third-order valence-corrected chi connectivity index (χ3v) is 8.81. The Morgan fingerprint density at radius 1 is 0.661 bits per heavy atom. The molecule has 0 unspecified atom stereocenters. The summed E-state index contributed by atoms with van der Waals surface area (Å²) in [6.45, 7) is 17.8. The van der Waals surface area contributed by atoms with Gasteiger partial charge in [0.1, 0.15) is 11.2 Å². The number of nitrogens with two attached hydrogens (primary N) is 2. The fourth-order valence-electron chi connectivity index (χ4n) is 6.30. The van der Waals surface area contributed by atoms with Crippen LogP contribution in [0.25, 0.3) is 0 Å². The Labute approximate surface area is 328 Å². The number of carbonyl (C=O) groups excluding carboxylic acids is 6. The number of ether oxygens (including phenoxy) is 2. The highest BCUT2D eigenvalue weighted by molar-refractivity contribution is 6.21. The van der Waals surface area contributed by atoms with Gasteiger partial charge in [0.15, 0.2) is 0 Å². The third kappa shape index (κ3) is 12.4. The molecule has 0 saturated carbocycles. The van der Waals surface area contributed by atoms with Crippen LogP contribution in [-0.4, -0.2) is 82.3 Å². The molecule has 0 aliphatic carbocycles. The molecule has 7 N–H and O–H groups in total. The Morgan fingerprint density at radius 2 is 1.00 bits per heavy atom. The number of imide groups is 1. The number of nitrogens with zero attached hydrogens (tertiary/aromatic N) is 1. The maximum Gasteiger partial charge on any atom is 0.407 e. The van der Waals surface area contributed by atoms with Gasteiger partial charge in [-0.05, 0) is 152 Å². The lowest BCUT2D eigenvalue weighted by Gasteiger charge is -2.27. The molecule has 6 amide bonds. The summed E-state index contributed by atoms with van der Waals surface area (Å²) in [6, 6.07) is 12.4. The number of aryl methyl sites for hydroxylation is 4. The number of alkyl carbamates (subject to hydrolysis) is 2. The fourth-order valence-corrected chi connectivity index (χ4v) is 6.30. The monoisotopic (exact) mass is 773 g/mol. The van der Waals surface area contributed by atoms with Gasteiger partial charge in [-0.15, -0.1) is 0 Å². The minimum Gasteiger partial charge on any atom is -0.444 e. The molecule has 1 heterocycles. The first kappa shape index (κ1) is 44.6. The largest absolute Gasteiger partial charge is 0.444 e. The van der Waals surface area contributed by atoms with E-state index in [1.54, 1.807) is 90.1 Å². The summed E-state index contributed by atoms with van der Waals surface area (Å²) in [7, 11) is 0. The van der Waals surface area contributed by atoms with Crippen molar-refractivity contribution in [1.82, 2.24) is 15.5 Å². The quantitative estimate of drug-likeness (QED) is 0.166. The zero-order valence-electron chi connectivity index (χ0n) is 33.9. The molecule has 3 aromatic rings. The molecule has 0 fully saturated rings. The van der Waals surface area contributed by atoms with E-state index in [0.717, 1.165) is 38.3 Å². The van der Waals surface area contributed by atoms with Crippen LogP contribution in [0, 0.1) is 27.7 Å². The van der Waals surface area contributed by atoms with E-state index in [0.29, 0.717) is 35.1 Å². The topological polar surface area (TPSA) is 220 Å². The summed E-state index contributed by atoms with van der Waals surface area (Å²) in [4.78, 5) is 74.1. The highest BCUT2D eigenvalue weighted by Gasteiger charge is 2.37. The van der Waals surface area contributed by atoms with E-state index in [4.69, 9.17) is 20.9 Å². The first-order valence-corrected chi connectivity index (χ1v) is 18.3. The highest BCUT2D eigenvalue weighted by atomic mass is 16.6. The van der Waals surface area contributed by atoms with E-state index in [-0.39, 0.29) is 13.2 Å². The van der Waals surface area contributed by atoms with Gasteiger partial charge in [0.05, 0.1) is 36.4 Å². The summed E-state index contributed by atoms with van der Waals surface area (Å²) >= 11 is 0. The SMILES string of the molecule is Cc1cc(C(N)=O)cc(C)c1C[C@@H](CN1C(=O)c2ccccc2C1=O)NC(=O)OC(C)(C)C.Cc1cc(C(N)=O)cc(C)c1C[C@@H](CO)NC(=O)OC(C)(C)C. The van der Waals surface area contributed by atoms with E-state index < -0.39 is 59.1 Å². The normalized spacial score (nSPS) is 13.5. The summed E-state index contributed by atoms with van der Waals surface area (Å²) < 4.78 is 10.6. The van der Waals surface area contributed by atoms with E-state index in [1.165, 1.54) is 0 Å². The van der Waals surface area contributed by atoms with Gasteiger partial charge < -0.3 is 36.7 Å². The summed E-state index contributed by atoms with van der Waals surface area (Å²) in [6.07, 6.45) is -0.454. The van der Waals surface area contributed by atoms with Gasteiger partial charge in [0, 0.05) is 11.1 Å². The van der Waals surface area contributed by atoms with Gasteiger partial charge in [-0.1, -0.05) is 12.1 Å². The first-order valence-electron chi connectivity index (χ1n) is 18.3. The summed E-state index contributed by atoms with van der Waals surface area (Å²) in [5.74, 6) is -1.80. The van der Waals surface area contributed by atoms with Crippen molar-refractivity contribution in [3.63, 3.8) is 0 Å². The maximum atomic E-state index is 12.9. The van der Waals surface area contributed by atoms with Crippen LogP contribution in [0.5, 0.6) is 0 Å². The Kier molecular flexibility index (Phi) is 14.5. The second kappa shape index (κ2) is 18.2. The third-order valence-electron chi connectivity index (χ3n) is 8.81. The predicted octanol–water partition coefficient (Wildman–Crippen LogP) is 4.96. The number of fused-ring (bicyclic) bond motifs is 1. The van der Waals surface area contributed by atoms with E-state index in [2.05, 4.69) is 10.6 Å². The number of primary amides is 2. The number of carbonyl (C=O) groups is 6. The summed E-state index contributed by atoms with van der Waals surface area (Å²) in [5.41, 5.74) is 16.2. The molecule has 2 atom stereocenters.